The summed E-state index contributed by atoms with van der Waals surface area (Å²) < 4.78 is 40.7. The van der Waals surface area contributed by atoms with Crippen LogP contribution in [0.1, 0.15) is 62.8 Å². The Hall–Kier alpha value is -1.45. The van der Waals surface area contributed by atoms with Crippen LogP contribution in [0.2, 0.25) is 0 Å². The molecule has 2 aliphatic rings. The highest BCUT2D eigenvalue weighted by Gasteiger charge is 2.32. The Balaban J connectivity index is 1.50. The van der Waals surface area contributed by atoms with Gasteiger partial charge in [0.25, 0.3) is 0 Å². The average Bonchev–Trinajstić information content (AvgIpc) is 2.61. The van der Waals surface area contributed by atoms with Gasteiger partial charge in [-0.25, -0.2) is 0 Å². The van der Waals surface area contributed by atoms with Gasteiger partial charge in [-0.15, -0.1) is 19.8 Å². The van der Waals surface area contributed by atoms with Crippen LogP contribution in [-0.4, -0.2) is 6.36 Å². The third kappa shape index (κ3) is 5.02. The molecule has 0 amide bonds. The summed E-state index contributed by atoms with van der Waals surface area (Å²) >= 11 is 0. The Bertz CT molecular complexity index is 547. The zero-order chi connectivity index (χ0) is 17.9. The molecule has 0 aromatic heterocycles. The molecule has 4 heteroatoms. The van der Waals surface area contributed by atoms with Crippen LogP contribution < -0.4 is 4.74 Å². The normalized spacial score (nSPS) is 30.7. The predicted molar refractivity (Wildman–Crippen MR) is 93.5 cm³/mol. The van der Waals surface area contributed by atoms with Crippen molar-refractivity contribution in [3.63, 3.8) is 0 Å². The predicted octanol–water partition coefficient (Wildman–Crippen LogP) is 6.85. The minimum Gasteiger partial charge on any atom is -0.406 e. The first kappa shape index (κ1) is 18.3. The van der Waals surface area contributed by atoms with Crippen LogP contribution in [-0.2, 0) is 0 Å². The van der Waals surface area contributed by atoms with E-state index in [0.717, 1.165) is 30.2 Å². The van der Waals surface area contributed by atoms with Gasteiger partial charge < -0.3 is 4.74 Å². The first-order valence-corrected chi connectivity index (χ1v) is 9.43. The number of halogens is 3. The van der Waals surface area contributed by atoms with Crippen LogP contribution in [0.4, 0.5) is 13.2 Å². The summed E-state index contributed by atoms with van der Waals surface area (Å²) in [6.07, 6.45) is 7.50. The molecule has 0 heterocycles. The van der Waals surface area contributed by atoms with E-state index in [1.807, 2.05) is 0 Å². The van der Waals surface area contributed by atoms with Crippen molar-refractivity contribution in [2.45, 2.75) is 63.6 Å². The first-order chi connectivity index (χ1) is 11.9. The molecular weight excluding hydrogens is 325 g/mol. The monoisotopic (exact) mass is 352 g/mol. The van der Waals surface area contributed by atoms with E-state index >= 15 is 0 Å². The van der Waals surface area contributed by atoms with Gasteiger partial charge in [-0.05, 0) is 92.7 Å². The van der Waals surface area contributed by atoms with Crippen molar-refractivity contribution in [2.24, 2.45) is 17.8 Å². The van der Waals surface area contributed by atoms with Crippen molar-refractivity contribution in [3.05, 3.63) is 42.5 Å². The highest BCUT2D eigenvalue weighted by atomic mass is 19.4. The lowest BCUT2D eigenvalue weighted by Gasteiger charge is -2.37. The zero-order valence-corrected chi connectivity index (χ0v) is 14.6. The number of benzene rings is 1. The van der Waals surface area contributed by atoms with Crippen molar-refractivity contribution in [3.8, 4) is 5.75 Å². The Kier molecular flexibility index (Phi) is 5.75. The molecule has 0 N–H and O–H groups in total. The number of hydrogen-bond donors (Lipinski definition) is 0. The Morgan fingerprint density at radius 1 is 0.840 bits per heavy atom. The molecule has 3 rings (SSSR count). The molecular formula is C21H27F3O. The fourth-order valence-corrected chi connectivity index (χ4v) is 4.72. The van der Waals surface area contributed by atoms with Gasteiger partial charge in [-0.3, -0.25) is 0 Å². The van der Waals surface area contributed by atoms with E-state index in [1.54, 1.807) is 12.1 Å². The highest BCUT2D eigenvalue weighted by Crippen LogP contribution is 2.44. The number of rotatable bonds is 4. The van der Waals surface area contributed by atoms with E-state index in [2.05, 4.69) is 17.4 Å². The molecule has 2 saturated carbocycles. The lowest BCUT2D eigenvalue weighted by Crippen LogP contribution is -2.25. The second-order valence-electron chi connectivity index (χ2n) is 7.64. The summed E-state index contributed by atoms with van der Waals surface area (Å²) in [5.41, 5.74) is 1.14. The molecule has 1 nitrogen and oxygen atoms in total. The van der Waals surface area contributed by atoms with Crippen LogP contribution >= 0.6 is 0 Å². The van der Waals surface area contributed by atoms with Gasteiger partial charge >= 0.3 is 6.36 Å². The zero-order valence-electron chi connectivity index (χ0n) is 14.6. The van der Waals surface area contributed by atoms with E-state index in [-0.39, 0.29) is 5.75 Å². The Morgan fingerprint density at radius 3 is 1.84 bits per heavy atom. The van der Waals surface area contributed by atoms with Gasteiger partial charge in [0, 0.05) is 0 Å². The second kappa shape index (κ2) is 7.84. The third-order valence-corrected chi connectivity index (χ3v) is 6.17. The lowest BCUT2D eigenvalue weighted by molar-refractivity contribution is -0.274. The minimum atomic E-state index is -4.62. The molecule has 2 aliphatic carbocycles. The maximum absolute atomic E-state index is 12.2. The molecule has 0 radical (unpaired) electrons. The van der Waals surface area contributed by atoms with Gasteiger partial charge in [0.05, 0.1) is 0 Å². The van der Waals surface area contributed by atoms with Gasteiger partial charge in [0.1, 0.15) is 5.75 Å². The van der Waals surface area contributed by atoms with Crippen LogP contribution in [0.15, 0.2) is 36.9 Å². The fraction of sp³-hybridized carbons (Fsp3) is 0.619. The van der Waals surface area contributed by atoms with Crippen LogP contribution in [0.5, 0.6) is 5.75 Å². The van der Waals surface area contributed by atoms with E-state index in [0.29, 0.717) is 11.8 Å². The SMILES string of the molecule is C=CC1CCC(C2CCC(c3ccc(OC(F)(F)F)cc3)CC2)CC1. The molecule has 0 bridgehead atoms. The van der Waals surface area contributed by atoms with Crippen LogP contribution in [0.3, 0.4) is 0 Å². The number of alkyl halides is 3. The number of hydrogen-bond acceptors (Lipinski definition) is 1. The van der Waals surface area contributed by atoms with Gasteiger partial charge in [-0.2, -0.15) is 0 Å². The van der Waals surface area contributed by atoms with Crippen molar-refractivity contribution in [1.29, 1.82) is 0 Å². The molecule has 1 aromatic rings. The van der Waals surface area contributed by atoms with E-state index in [9.17, 15) is 13.2 Å². The minimum absolute atomic E-state index is 0.135. The van der Waals surface area contributed by atoms with Crippen LogP contribution in [0, 0.1) is 17.8 Å². The number of allylic oxidation sites excluding steroid dienone is 1. The van der Waals surface area contributed by atoms with Crippen molar-refractivity contribution in [1.82, 2.24) is 0 Å². The maximum Gasteiger partial charge on any atom is 0.573 e. The smallest absolute Gasteiger partial charge is 0.406 e. The first-order valence-electron chi connectivity index (χ1n) is 9.43. The standard InChI is InChI=1S/C21H27F3O/c1-2-15-3-5-16(6-4-15)17-7-9-18(10-8-17)19-11-13-20(14-12-19)25-21(22,23)24/h2,11-18H,1,3-10H2. The second-order valence-corrected chi connectivity index (χ2v) is 7.64. The summed E-state index contributed by atoms with van der Waals surface area (Å²) in [6, 6.07) is 6.46. The topological polar surface area (TPSA) is 9.23 Å². The Labute approximate surface area is 148 Å². The van der Waals surface area contributed by atoms with Crippen molar-refractivity contribution >= 4 is 0 Å². The molecule has 138 valence electrons. The molecule has 0 spiro atoms. The van der Waals surface area contributed by atoms with Gasteiger partial charge in [0.2, 0.25) is 0 Å². The largest absolute Gasteiger partial charge is 0.573 e. The van der Waals surface area contributed by atoms with E-state index in [4.69, 9.17) is 0 Å². The van der Waals surface area contributed by atoms with E-state index < -0.39 is 6.36 Å². The van der Waals surface area contributed by atoms with E-state index in [1.165, 1.54) is 50.7 Å². The quantitative estimate of drug-likeness (QED) is 0.538. The fourth-order valence-electron chi connectivity index (χ4n) is 4.72. The Morgan fingerprint density at radius 2 is 1.36 bits per heavy atom. The molecule has 0 saturated heterocycles. The van der Waals surface area contributed by atoms with Crippen LogP contribution in [0.25, 0.3) is 0 Å². The van der Waals surface area contributed by atoms with Crippen molar-refractivity contribution < 1.29 is 17.9 Å². The summed E-state index contributed by atoms with van der Waals surface area (Å²) in [5.74, 6) is 2.74. The summed E-state index contributed by atoms with van der Waals surface area (Å²) in [5, 5.41) is 0. The maximum atomic E-state index is 12.2. The summed E-state index contributed by atoms with van der Waals surface area (Å²) in [7, 11) is 0. The molecule has 0 atom stereocenters. The van der Waals surface area contributed by atoms with Gasteiger partial charge in [-0.1, -0.05) is 18.2 Å². The molecule has 2 fully saturated rings. The molecule has 0 aliphatic heterocycles. The molecule has 1 aromatic carbocycles. The highest BCUT2D eigenvalue weighted by molar-refractivity contribution is 5.29. The molecule has 0 unspecified atom stereocenters. The summed E-state index contributed by atoms with van der Waals surface area (Å²) in [6.45, 7) is 3.92. The summed E-state index contributed by atoms with van der Waals surface area (Å²) in [4.78, 5) is 0. The lowest BCUT2D eigenvalue weighted by atomic mass is 9.68. The van der Waals surface area contributed by atoms with Gasteiger partial charge in [0.15, 0.2) is 0 Å². The third-order valence-electron chi connectivity index (χ3n) is 6.17. The average molecular weight is 352 g/mol. The number of ether oxygens (including phenoxy) is 1. The van der Waals surface area contributed by atoms with Crippen molar-refractivity contribution in [2.75, 3.05) is 0 Å². The molecule has 25 heavy (non-hydrogen) atoms.